The van der Waals surface area contributed by atoms with Crippen molar-refractivity contribution in [3.63, 3.8) is 0 Å². The maximum absolute atomic E-state index is 8.41. The normalized spacial score (nSPS) is 16.1. The summed E-state index contributed by atoms with van der Waals surface area (Å²) >= 11 is 5.91. The van der Waals surface area contributed by atoms with Gasteiger partial charge in [0.1, 0.15) is 0 Å². The summed E-state index contributed by atoms with van der Waals surface area (Å²) in [6, 6.07) is 10.1. The van der Waals surface area contributed by atoms with Gasteiger partial charge in [-0.15, -0.1) is 0 Å². The Hall–Kier alpha value is -1.28. The molecule has 0 spiro atoms. The fourth-order valence-electron chi connectivity index (χ4n) is 2.30. The fourth-order valence-corrected chi connectivity index (χ4v) is 2.42. The highest BCUT2D eigenvalue weighted by Gasteiger charge is 2.16. The van der Waals surface area contributed by atoms with Gasteiger partial charge in [-0.05, 0) is 24.3 Å². The lowest BCUT2D eigenvalue weighted by Gasteiger charge is -2.36. The standard InChI is InChI=1S/C15H20ClN3O/c16-14-2-4-15(5-3-14)19-9-7-18(8-10-19)11-13-20-12-1-6-17/h2-5H,1,7-13H2. The highest BCUT2D eigenvalue weighted by Crippen LogP contribution is 2.19. The first-order chi connectivity index (χ1) is 9.79. The molecule has 1 aliphatic rings. The molecule has 1 aromatic carbocycles. The van der Waals surface area contributed by atoms with Gasteiger partial charge in [-0.1, -0.05) is 11.6 Å². The minimum atomic E-state index is 0.477. The Bertz CT molecular complexity index is 435. The molecule has 1 aromatic rings. The Kier molecular flexibility index (Phi) is 6.13. The molecule has 0 amide bonds. The molecule has 1 heterocycles. The van der Waals surface area contributed by atoms with Gasteiger partial charge in [0.2, 0.25) is 0 Å². The average Bonchev–Trinajstić information content (AvgIpc) is 2.49. The van der Waals surface area contributed by atoms with Gasteiger partial charge in [-0.25, -0.2) is 0 Å². The third-order valence-corrected chi connectivity index (χ3v) is 3.73. The number of rotatable bonds is 6. The number of benzene rings is 1. The zero-order valence-corrected chi connectivity index (χ0v) is 12.4. The van der Waals surface area contributed by atoms with Crippen LogP contribution < -0.4 is 4.90 Å². The van der Waals surface area contributed by atoms with E-state index < -0.39 is 0 Å². The van der Waals surface area contributed by atoms with E-state index in [9.17, 15) is 0 Å². The number of anilines is 1. The molecule has 1 aliphatic heterocycles. The van der Waals surface area contributed by atoms with E-state index in [0.29, 0.717) is 19.6 Å². The van der Waals surface area contributed by atoms with E-state index in [1.807, 2.05) is 12.1 Å². The van der Waals surface area contributed by atoms with Gasteiger partial charge in [-0.3, -0.25) is 4.90 Å². The average molecular weight is 294 g/mol. The van der Waals surface area contributed by atoms with Crippen molar-refractivity contribution < 1.29 is 4.74 Å². The second-order valence-corrected chi connectivity index (χ2v) is 5.26. The maximum Gasteiger partial charge on any atom is 0.0645 e. The van der Waals surface area contributed by atoms with Gasteiger partial charge >= 0.3 is 0 Å². The van der Waals surface area contributed by atoms with Crippen LogP contribution in [0.25, 0.3) is 0 Å². The summed E-state index contributed by atoms with van der Waals surface area (Å²) in [6.07, 6.45) is 0.477. The SMILES string of the molecule is N#CCCOCCN1CCN(c2ccc(Cl)cc2)CC1. The van der Waals surface area contributed by atoms with Crippen LogP contribution in [0.15, 0.2) is 24.3 Å². The molecular formula is C15H20ClN3O. The van der Waals surface area contributed by atoms with Crippen molar-refractivity contribution in [3.8, 4) is 6.07 Å². The van der Waals surface area contributed by atoms with E-state index in [4.69, 9.17) is 21.6 Å². The highest BCUT2D eigenvalue weighted by atomic mass is 35.5. The van der Waals surface area contributed by atoms with Gasteiger partial charge in [0.15, 0.2) is 0 Å². The van der Waals surface area contributed by atoms with Gasteiger partial charge < -0.3 is 9.64 Å². The van der Waals surface area contributed by atoms with Crippen LogP contribution in [0.1, 0.15) is 6.42 Å². The predicted octanol–water partition coefficient (Wildman–Crippen LogP) is 2.39. The summed E-state index contributed by atoms with van der Waals surface area (Å²) in [4.78, 5) is 4.78. The first-order valence-corrected chi connectivity index (χ1v) is 7.35. The van der Waals surface area contributed by atoms with Crippen LogP contribution in [-0.2, 0) is 4.74 Å². The molecule has 1 fully saturated rings. The van der Waals surface area contributed by atoms with Crippen LogP contribution in [0, 0.1) is 11.3 Å². The van der Waals surface area contributed by atoms with Crippen molar-refractivity contribution in [1.29, 1.82) is 5.26 Å². The lowest BCUT2D eigenvalue weighted by atomic mass is 10.2. The van der Waals surface area contributed by atoms with Gasteiger partial charge in [0.25, 0.3) is 0 Å². The summed E-state index contributed by atoms with van der Waals surface area (Å²) < 4.78 is 5.41. The predicted molar refractivity (Wildman–Crippen MR) is 81.2 cm³/mol. The Balaban J connectivity index is 1.67. The monoisotopic (exact) mass is 293 g/mol. The number of hydrogen-bond donors (Lipinski definition) is 0. The van der Waals surface area contributed by atoms with Crippen LogP contribution >= 0.6 is 11.6 Å². The first-order valence-electron chi connectivity index (χ1n) is 6.97. The van der Waals surface area contributed by atoms with Crippen LogP contribution in [0.4, 0.5) is 5.69 Å². The Morgan fingerprint density at radius 2 is 1.80 bits per heavy atom. The summed E-state index contributed by atoms with van der Waals surface area (Å²) in [5.74, 6) is 0. The van der Waals surface area contributed by atoms with Gasteiger partial charge in [0, 0.05) is 43.4 Å². The molecule has 0 aliphatic carbocycles. The smallest absolute Gasteiger partial charge is 0.0645 e. The third kappa shape index (κ3) is 4.68. The zero-order valence-electron chi connectivity index (χ0n) is 11.6. The number of hydrogen-bond acceptors (Lipinski definition) is 4. The molecule has 0 N–H and O–H groups in total. The van der Waals surface area contributed by atoms with E-state index in [1.165, 1.54) is 5.69 Å². The van der Waals surface area contributed by atoms with E-state index in [1.54, 1.807) is 0 Å². The van der Waals surface area contributed by atoms with Crippen LogP contribution in [0.2, 0.25) is 5.02 Å². The lowest BCUT2D eigenvalue weighted by molar-refractivity contribution is 0.105. The third-order valence-electron chi connectivity index (χ3n) is 3.47. The molecule has 1 saturated heterocycles. The van der Waals surface area contributed by atoms with Crippen LogP contribution in [-0.4, -0.2) is 50.8 Å². The number of piperazine rings is 1. The van der Waals surface area contributed by atoms with Crippen LogP contribution in [0.5, 0.6) is 0 Å². The summed E-state index contributed by atoms with van der Waals surface area (Å²) in [5, 5.41) is 9.19. The molecule has 0 unspecified atom stereocenters. The second kappa shape index (κ2) is 8.11. The van der Waals surface area contributed by atoms with E-state index in [2.05, 4.69) is 28.0 Å². The van der Waals surface area contributed by atoms with E-state index in [0.717, 1.165) is 37.7 Å². The minimum absolute atomic E-state index is 0.477. The number of nitrogens with zero attached hydrogens (tertiary/aromatic N) is 3. The van der Waals surface area contributed by atoms with Crippen molar-refractivity contribution in [3.05, 3.63) is 29.3 Å². The van der Waals surface area contributed by atoms with E-state index >= 15 is 0 Å². The van der Waals surface area contributed by atoms with Gasteiger partial charge in [-0.2, -0.15) is 5.26 Å². The Morgan fingerprint density at radius 1 is 1.10 bits per heavy atom. The zero-order chi connectivity index (χ0) is 14.2. The van der Waals surface area contributed by atoms with Crippen molar-refractivity contribution >= 4 is 17.3 Å². The summed E-state index contributed by atoms with van der Waals surface area (Å²) in [7, 11) is 0. The molecule has 5 heteroatoms. The maximum atomic E-state index is 8.41. The molecule has 0 bridgehead atoms. The van der Waals surface area contributed by atoms with Crippen molar-refractivity contribution in [2.45, 2.75) is 6.42 Å². The first kappa shape index (κ1) is 15.1. The summed E-state index contributed by atoms with van der Waals surface area (Å²) in [5.41, 5.74) is 1.24. The Morgan fingerprint density at radius 3 is 2.45 bits per heavy atom. The van der Waals surface area contributed by atoms with E-state index in [-0.39, 0.29) is 0 Å². The van der Waals surface area contributed by atoms with Crippen molar-refractivity contribution in [2.75, 3.05) is 50.8 Å². The number of ether oxygens (including phenoxy) is 1. The van der Waals surface area contributed by atoms with Crippen molar-refractivity contribution in [2.24, 2.45) is 0 Å². The number of nitriles is 1. The highest BCUT2D eigenvalue weighted by molar-refractivity contribution is 6.30. The molecule has 2 rings (SSSR count). The molecule has 0 radical (unpaired) electrons. The largest absolute Gasteiger partial charge is 0.379 e. The van der Waals surface area contributed by atoms with Crippen molar-refractivity contribution in [1.82, 2.24) is 4.90 Å². The molecular weight excluding hydrogens is 274 g/mol. The molecule has 108 valence electrons. The fraction of sp³-hybridized carbons (Fsp3) is 0.533. The number of halogens is 1. The van der Waals surface area contributed by atoms with Crippen LogP contribution in [0.3, 0.4) is 0 Å². The second-order valence-electron chi connectivity index (χ2n) is 4.83. The topological polar surface area (TPSA) is 39.5 Å². The minimum Gasteiger partial charge on any atom is -0.379 e. The molecule has 0 atom stereocenters. The Labute approximate surface area is 125 Å². The molecule has 4 nitrogen and oxygen atoms in total. The lowest BCUT2D eigenvalue weighted by Crippen LogP contribution is -2.47. The summed E-state index contributed by atoms with van der Waals surface area (Å²) in [6.45, 7) is 6.35. The molecule has 20 heavy (non-hydrogen) atoms. The molecule has 0 saturated carbocycles. The quantitative estimate of drug-likeness (QED) is 0.755. The van der Waals surface area contributed by atoms with Gasteiger partial charge in [0.05, 0.1) is 25.7 Å². The molecule has 0 aromatic heterocycles.